The molecule has 0 amide bonds. The second-order valence-electron chi connectivity index (χ2n) is 6.91. The second kappa shape index (κ2) is 6.04. The number of nitriles is 1. The fourth-order valence-electron chi connectivity index (χ4n) is 3.42. The quantitative estimate of drug-likeness (QED) is 0.891. The van der Waals surface area contributed by atoms with Crippen molar-refractivity contribution >= 4 is 5.82 Å². The van der Waals surface area contributed by atoms with E-state index < -0.39 is 0 Å². The summed E-state index contributed by atoms with van der Waals surface area (Å²) in [5.41, 5.74) is 12.3. The van der Waals surface area contributed by atoms with Crippen LogP contribution in [-0.4, -0.2) is 4.98 Å². The first kappa shape index (κ1) is 15.6. The van der Waals surface area contributed by atoms with Gasteiger partial charge in [-0.05, 0) is 47.8 Å². The molecule has 3 nitrogen and oxygen atoms in total. The Labute approximate surface area is 138 Å². The molecular formula is C20H23N3. The molecular weight excluding hydrogens is 282 g/mol. The lowest BCUT2D eigenvalue weighted by Crippen LogP contribution is -2.16. The molecule has 2 aromatic rings. The van der Waals surface area contributed by atoms with Gasteiger partial charge in [-0.25, -0.2) is 4.98 Å². The zero-order valence-electron chi connectivity index (χ0n) is 14.1. The first-order valence-corrected chi connectivity index (χ1v) is 8.33. The maximum atomic E-state index is 9.60. The summed E-state index contributed by atoms with van der Waals surface area (Å²) >= 11 is 0. The fraction of sp³-hybridized carbons (Fsp3) is 0.400. The Balaban J connectivity index is 2.20. The number of fused-ring (bicyclic) bond motifs is 1. The van der Waals surface area contributed by atoms with E-state index in [0.29, 0.717) is 23.2 Å². The number of aryl methyl sites for hydroxylation is 1. The van der Waals surface area contributed by atoms with Crippen LogP contribution >= 0.6 is 0 Å². The number of nitrogens with zero attached hydrogens (tertiary/aromatic N) is 2. The molecule has 0 aliphatic heterocycles. The summed E-state index contributed by atoms with van der Waals surface area (Å²) in [6.45, 7) is 6.63. The van der Waals surface area contributed by atoms with E-state index in [4.69, 9.17) is 5.73 Å². The SMILES string of the molecule is CC1CCc2nc(N)c(C#N)c(-c3ccc(C(C)C)cc3)c2C1. The molecule has 1 aromatic carbocycles. The predicted octanol–water partition coefficient (Wildman–Crippen LogP) is 4.45. The number of rotatable bonds is 2. The third-order valence-corrected chi connectivity index (χ3v) is 4.82. The highest BCUT2D eigenvalue weighted by Crippen LogP contribution is 2.37. The van der Waals surface area contributed by atoms with Crippen LogP contribution in [0, 0.1) is 17.2 Å². The van der Waals surface area contributed by atoms with Crippen molar-refractivity contribution < 1.29 is 0 Å². The summed E-state index contributed by atoms with van der Waals surface area (Å²) in [7, 11) is 0. The summed E-state index contributed by atoms with van der Waals surface area (Å²) < 4.78 is 0. The monoisotopic (exact) mass is 305 g/mol. The summed E-state index contributed by atoms with van der Waals surface area (Å²) in [5, 5.41) is 9.60. The van der Waals surface area contributed by atoms with Gasteiger partial charge >= 0.3 is 0 Å². The molecule has 0 saturated heterocycles. The number of benzene rings is 1. The van der Waals surface area contributed by atoms with Crippen LogP contribution in [0.1, 0.15) is 55.5 Å². The standard InChI is InChI=1S/C20H23N3/c1-12(2)14-5-7-15(8-6-14)19-16-10-13(3)4-9-18(16)23-20(22)17(19)11-21/h5-8,12-13H,4,9-10H2,1-3H3,(H2,22,23). The van der Waals surface area contributed by atoms with E-state index in [1.54, 1.807) is 0 Å². The molecule has 2 N–H and O–H groups in total. The number of hydrogen-bond acceptors (Lipinski definition) is 3. The zero-order valence-corrected chi connectivity index (χ0v) is 14.1. The molecule has 3 rings (SSSR count). The normalized spacial score (nSPS) is 16.9. The van der Waals surface area contributed by atoms with Crippen LogP contribution in [-0.2, 0) is 12.8 Å². The van der Waals surface area contributed by atoms with E-state index in [2.05, 4.69) is 56.1 Å². The minimum Gasteiger partial charge on any atom is -0.383 e. The van der Waals surface area contributed by atoms with Crippen LogP contribution in [0.15, 0.2) is 24.3 Å². The minimum absolute atomic E-state index is 0.365. The molecule has 1 aliphatic rings. The van der Waals surface area contributed by atoms with E-state index in [1.165, 1.54) is 11.1 Å². The second-order valence-corrected chi connectivity index (χ2v) is 6.91. The lowest BCUT2D eigenvalue weighted by molar-refractivity contribution is 0.495. The average molecular weight is 305 g/mol. The van der Waals surface area contributed by atoms with Gasteiger partial charge in [0.05, 0.1) is 0 Å². The van der Waals surface area contributed by atoms with Gasteiger partial charge in [0, 0.05) is 11.3 Å². The number of aromatic nitrogens is 1. The molecule has 0 bridgehead atoms. The van der Waals surface area contributed by atoms with Crippen molar-refractivity contribution in [3.63, 3.8) is 0 Å². The average Bonchev–Trinajstić information content (AvgIpc) is 2.54. The van der Waals surface area contributed by atoms with Crippen molar-refractivity contribution in [3.05, 3.63) is 46.6 Å². The van der Waals surface area contributed by atoms with E-state index in [0.717, 1.165) is 36.1 Å². The Kier molecular flexibility index (Phi) is 4.09. The Morgan fingerprint density at radius 2 is 1.96 bits per heavy atom. The number of anilines is 1. The number of pyridine rings is 1. The van der Waals surface area contributed by atoms with Crippen molar-refractivity contribution in [1.29, 1.82) is 5.26 Å². The predicted molar refractivity (Wildman–Crippen MR) is 94.1 cm³/mol. The molecule has 0 saturated carbocycles. The van der Waals surface area contributed by atoms with Crippen molar-refractivity contribution in [2.75, 3.05) is 5.73 Å². The van der Waals surface area contributed by atoms with E-state index in [9.17, 15) is 5.26 Å². The number of hydrogen-bond donors (Lipinski definition) is 1. The van der Waals surface area contributed by atoms with E-state index >= 15 is 0 Å². The number of nitrogens with two attached hydrogens (primary N) is 1. The summed E-state index contributed by atoms with van der Waals surface area (Å²) in [6, 6.07) is 10.8. The van der Waals surface area contributed by atoms with Gasteiger partial charge < -0.3 is 5.73 Å². The molecule has 118 valence electrons. The van der Waals surface area contributed by atoms with Crippen LogP contribution < -0.4 is 5.73 Å². The van der Waals surface area contributed by atoms with Gasteiger partial charge in [-0.2, -0.15) is 5.26 Å². The summed E-state index contributed by atoms with van der Waals surface area (Å²) in [4.78, 5) is 4.51. The van der Waals surface area contributed by atoms with Gasteiger partial charge in [0.15, 0.2) is 0 Å². The smallest absolute Gasteiger partial charge is 0.142 e. The first-order valence-electron chi connectivity index (χ1n) is 8.33. The van der Waals surface area contributed by atoms with Crippen molar-refractivity contribution in [1.82, 2.24) is 4.98 Å². The van der Waals surface area contributed by atoms with Crippen molar-refractivity contribution in [3.8, 4) is 17.2 Å². The molecule has 1 heterocycles. The molecule has 1 aliphatic carbocycles. The largest absolute Gasteiger partial charge is 0.383 e. The Hall–Kier alpha value is -2.34. The van der Waals surface area contributed by atoms with Crippen LogP contribution in [0.3, 0.4) is 0 Å². The zero-order chi connectivity index (χ0) is 16.6. The lowest BCUT2D eigenvalue weighted by Gasteiger charge is -2.25. The van der Waals surface area contributed by atoms with Gasteiger partial charge in [-0.15, -0.1) is 0 Å². The number of nitrogen functional groups attached to an aromatic ring is 1. The Morgan fingerprint density at radius 3 is 2.57 bits per heavy atom. The van der Waals surface area contributed by atoms with Crippen molar-refractivity contribution in [2.45, 2.75) is 46.0 Å². The van der Waals surface area contributed by atoms with Gasteiger partial charge in [-0.3, -0.25) is 0 Å². The molecule has 0 radical (unpaired) electrons. The Bertz CT molecular complexity index is 767. The van der Waals surface area contributed by atoms with Crippen LogP contribution in [0.4, 0.5) is 5.82 Å². The molecule has 1 unspecified atom stereocenters. The van der Waals surface area contributed by atoms with Gasteiger partial charge in [0.1, 0.15) is 17.5 Å². The van der Waals surface area contributed by atoms with E-state index in [-0.39, 0.29) is 0 Å². The van der Waals surface area contributed by atoms with E-state index in [1.807, 2.05) is 0 Å². The maximum Gasteiger partial charge on any atom is 0.142 e. The molecule has 0 spiro atoms. The highest BCUT2D eigenvalue weighted by molar-refractivity contribution is 5.79. The van der Waals surface area contributed by atoms with Crippen LogP contribution in [0.2, 0.25) is 0 Å². The molecule has 3 heteroatoms. The topological polar surface area (TPSA) is 62.7 Å². The fourth-order valence-corrected chi connectivity index (χ4v) is 3.42. The third-order valence-electron chi connectivity index (χ3n) is 4.82. The lowest BCUT2D eigenvalue weighted by atomic mass is 9.82. The van der Waals surface area contributed by atoms with Gasteiger partial charge in [-0.1, -0.05) is 45.0 Å². The van der Waals surface area contributed by atoms with Crippen LogP contribution in [0.5, 0.6) is 0 Å². The minimum atomic E-state index is 0.365. The molecule has 0 fully saturated rings. The Morgan fingerprint density at radius 1 is 1.26 bits per heavy atom. The highest BCUT2D eigenvalue weighted by atomic mass is 14.9. The summed E-state index contributed by atoms with van der Waals surface area (Å²) in [5.74, 6) is 1.48. The van der Waals surface area contributed by atoms with Gasteiger partial charge in [0.2, 0.25) is 0 Å². The van der Waals surface area contributed by atoms with Crippen molar-refractivity contribution in [2.24, 2.45) is 5.92 Å². The summed E-state index contributed by atoms with van der Waals surface area (Å²) in [6.07, 6.45) is 3.05. The highest BCUT2D eigenvalue weighted by Gasteiger charge is 2.24. The van der Waals surface area contributed by atoms with Crippen LogP contribution in [0.25, 0.3) is 11.1 Å². The molecule has 23 heavy (non-hydrogen) atoms. The van der Waals surface area contributed by atoms with Gasteiger partial charge in [0.25, 0.3) is 0 Å². The third kappa shape index (κ3) is 2.82. The maximum absolute atomic E-state index is 9.60. The molecule has 1 atom stereocenters. The molecule has 1 aromatic heterocycles. The first-order chi connectivity index (χ1) is 11.0.